The summed E-state index contributed by atoms with van der Waals surface area (Å²) in [6, 6.07) is 0. The Kier molecular flexibility index (Phi) is 8.73. The standard InChI is InChI=1S/C37H58O9/c1-20(2)17-22(43-8)18-21(3)23-11-13-35(7)25-12-14-37-26(36(25,32(42)46-37)16-15-34(23,35)6)9-10-27(33(37,4)5)45-31-30(41)29(40)28(39)24(19-38)44-31/h12,14,17,21-31,38-41H,9-11,13,15-16,18-19H2,1-8H3/t21-,22?,23-,24-,25?,26?,27+,28+,29+,30-,31+,34-,35+,36+,37?/m1/s1. The van der Waals surface area contributed by atoms with Gasteiger partial charge in [-0.05, 0) is 93.5 Å². The Hall–Kier alpha value is -1.33. The fraction of sp³-hybridized carbons (Fsp3) is 0.865. The third-order valence-corrected chi connectivity index (χ3v) is 14.5. The topological polar surface area (TPSA) is 135 Å². The number of hydrogen-bond acceptors (Lipinski definition) is 9. The molecule has 5 fully saturated rings. The minimum atomic E-state index is -1.51. The van der Waals surface area contributed by atoms with Crippen molar-refractivity contribution in [2.75, 3.05) is 13.7 Å². The van der Waals surface area contributed by atoms with E-state index in [0.29, 0.717) is 18.3 Å². The Bertz CT molecular complexity index is 1240. The van der Waals surface area contributed by atoms with Gasteiger partial charge in [0, 0.05) is 18.4 Å². The van der Waals surface area contributed by atoms with Crippen molar-refractivity contribution in [3.8, 4) is 0 Å². The molecule has 46 heavy (non-hydrogen) atoms. The lowest BCUT2D eigenvalue weighted by molar-refractivity contribution is -0.329. The molecule has 4 unspecified atom stereocenters. The fourth-order valence-electron chi connectivity index (χ4n) is 11.7. The number of aliphatic hydroxyl groups is 4. The SMILES string of the molecule is COC(C=C(C)C)C[C@@H](C)[C@H]1CC[C@@]2(C)C3C=CC45OC(=O)[C@]3(CC[C@]12C)C4CC[C@H](O[C@@H]1O[C@H](CO)[C@H](O)[C@H](O)[C@H]1O)C5(C)C. The number of ether oxygens (including phenoxy) is 4. The first-order chi connectivity index (χ1) is 21.5. The minimum Gasteiger partial charge on any atom is -0.453 e. The smallest absolute Gasteiger partial charge is 0.314 e. The molecule has 0 aromatic heterocycles. The van der Waals surface area contributed by atoms with Crippen molar-refractivity contribution in [3.05, 3.63) is 23.8 Å². The molecule has 6 aliphatic rings. The van der Waals surface area contributed by atoms with Crippen molar-refractivity contribution in [1.29, 1.82) is 0 Å². The maximum atomic E-state index is 14.4. The molecule has 4 aliphatic carbocycles. The Balaban J connectivity index is 1.28. The van der Waals surface area contributed by atoms with Gasteiger partial charge < -0.3 is 39.4 Å². The van der Waals surface area contributed by atoms with Gasteiger partial charge in [-0.1, -0.05) is 52.3 Å². The van der Waals surface area contributed by atoms with E-state index in [1.54, 1.807) is 7.11 Å². The molecular formula is C37H58O9. The van der Waals surface area contributed by atoms with Gasteiger partial charge in [-0.15, -0.1) is 0 Å². The first kappa shape index (κ1) is 34.5. The van der Waals surface area contributed by atoms with Crippen molar-refractivity contribution in [2.24, 2.45) is 45.3 Å². The third kappa shape index (κ3) is 4.55. The van der Waals surface area contributed by atoms with E-state index in [4.69, 9.17) is 18.9 Å². The maximum Gasteiger partial charge on any atom is 0.314 e. The number of fused-ring (bicyclic) bond motifs is 2. The average Bonchev–Trinajstić information content (AvgIpc) is 3.36. The van der Waals surface area contributed by atoms with Crippen LogP contribution in [0.3, 0.4) is 0 Å². The number of allylic oxidation sites excluding steroid dienone is 2. The Morgan fingerprint density at radius 2 is 1.74 bits per heavy atom. The summed E-state index contributed by atoms with van der Waals surface area (Å²) in [4.78, 5) is 14.4. The molecule has 0 amide bonds. The van der Waals surface area contributed by atoms with Crippen LogP contribution in [0, 0.1) is 45.3 Å². The van der Waals surface area contributed by atoms with Gasteiger partial charge in [0.15, 0.2) is 6.29 Å². The summed E-state index contributed by atoms with van der Waals surface area (Å²) in [5.41, 5.74) is -0.842. The lowest BCUT2D eigenvalue weighted by atomic mass is 9.38. The number of carbonyl (C=O) groups is 1. The zero-order valence-corrected chi connectivity index (χ0v) is 29.1. The first-order valence-corrected chi connectivity index (χ1v) is 17.6. The summed E-state index contributed by atoms with van der Waals surface area (Å²) in [7, 11) is 1.80. The number of aliphatic hydroxyl groups excluding tert-OH is 4. The molecule has 2 heterocycles. The second kappa shape index (κ2) is 11.6. The van der Waals surface area contributed by atoms with Crippen LogP contribution in [0.5, 0.6) is 0 Å². The van der Waals surface area contributed by atoms with Gasteiger partial charge in [0.1, 0.15) is 30.0 Å². The zero-order valence-electron chi connectivity index (χ0n) is 29.1. The Labute approximate surface area is 274 Å². The van der Waals surface area contributed by atoms with Gasteiger partial charge in [-0.25, -0.2) is 0 Å². The third-order valence-electron chi connectivity index (χ3n) is 14.5. The number of methoxy groups -OCH3 is 1. The molecular weight excluding hydrogens is 588 g/mol. The monoisotopic (exact) mass is 646 g/mol. The van der Waals surface area contributed by atoms with E-state index >= 15 is 0 Å². The Morgan fingerprint density at radius 1 is 1.02 bits per heavy atom. The highest BCUT2D eigenvalue weighted by molar-refractivity contribution is 5.83. The summed E-state index contributed by atoms with van der Waals surface area (Å²) >= 11 is 0. The van der Waals surface area contributed by atoms with Gasteiger partial charge in [0.2, 0.25) is 0 Å². The average molecular weight is 647 g/mol. The molecule has 3 saturated carbocycles. The van der Waals surface area contributed by atoms with Crippen LogP contribution in [-0.4, -0.2) is 88.6 Å². The summed E-state index contributed by atoms with van der Waals surface area (Å²) in [6.07, 6.45) is 5.99. The fourth-order valence-corrected chi connectivity index (χ4v) is 11.7. The molecule has 0 radical (unpaired) electrons. The van der Waals surface area contributed by atoms with E-state index < -0.39 is 59.8 Å². The van der Waals surface area contributed by atoms with Crippen LogP contribution in [0.4, 0.5) is 0 Å². The molecule has 15 atom stereocenters. The highest BCUT2D eigenvalue weighted by Crippen LogP contribution is 2.78. The van der Waals surface area contributed by atoms with Gasteiger partial charge in [-0.2, -0.15) is 0 Å². The molecule has 260 valence electrons. The highest BCUT2D eigenvalue weighted by Gasteiger charge is 2.79. The molecule has 1 spiro atoms. The molecule has 0 aromatic carbocycles. The van der Waals surface area contributed by atoms with Crippen LogP contribution in [0.2, 0.25) is 0 Å². The van der Waals surface area contributed by atoms with E-state index in [1.807, 2.05) is 0 Å². The summed E-state index contributed by atoms with van der Waals surface area (Å²) in [5, 5.41) is 41.1. The second-order valence-corrected chi connectivity index (χ2v) is 16.9. The van der Waals surface area contributed by atoms with E-state index in [0.717, 1.165) is 38.5 Å². The first-order valence-electron chi connectivity index (χ1n) is 17.6. The largest absolute Gasteiger partial charge is 0.453 e. The van der Waals surface area contributed by atoms with Crippen molar-refractivity contribution < 1.29 is 44.2 Å². The maximum absolute atomic E-state index is 14.4. The predicted molar refractivity (Wildman–Crippen MR) is 171 cm³/mol. The van der Waals surface area contributed by atoms with E-state index in [9.17, 15) is 25.2 Å². The lowest BCUT2D eigenvalue weighted by Crippen LogP contribution is -2.66. The Morgan fingerprint density at radius 3 is 2.39 bits per heavy atom. The lowest BCUT2D eigenvalue weighted by Gasteiger charge is -2.64. The molecule has 9 nitrogen and oxygen atoms in total. The van der Waals surface area contributed by atoms with Crippen molar-refractivity contribution in [3.63, 3.8) is 0 Å². The van der Waals surface area contributed by atoms with Crippen LogP contribution in [0.15, 0.2) is 23.8 Å². The van der Waals surface area contributed by atoms with Crippen molar-refractivity contribution >= 4 is 5.97 Å². The number of esters is 1. The van der Waals surface area contributed by atoms with Gasteiger partial charge in [0.25, 0.3) is 0 Å². The van der Waals surface area contributed by atoms with Gasteiger partial charge in [0.05, 0.1) is 24.2 Å². The minimum absolute atomic E-state index is 0.000498. The van der Waals surface area contributed by atoms with E-state index in [-0.39, 0.29) is 34.7 Å². The van der Waals surface area contributed by atoms with E-state index in [2.05, 4.69) is 66.7 Å². The highest BCUT2D eigenvalue weighted by atomic mass is 16.7. The van der Waals surface area contributed by atoms with Crippen LogP contribution in [0.1, 0.15) is 93.4 Å². The molecule has 0 aromatic rings. The molecule has 2 aliphatic heterocycles. The van der Waals surface area contributed by atoms with Gasteiger partial charge in [-0.3, -0.25) is 4.79 Å². The molecule has 2 bridgehead atoms. The summed E-state index contributed by atoms with van der Waals surface area (Å²) in [5.74, 6) is 1.02. The molecule has 4 N–H and O–H groups in total. The quantitative estimate of drug-likeness (QED) is 0.225. The summed E-state index contributed by atoms with van der Waals surface area (Å²) < 4.78 is 24.6. The van der Waals surface area contributed by atoms with Crippen LogP contribution < -0.4 is 0 Å². The second-order valence-electron chi connectivity index (χ2n) is 16.9. The molecule has 2 saturated heterocycles. The normalized spacial score (nSPS) is 50.2. The number of carbonyl (C=O) groups excluding carboxylic acids is 1. The number of hydrogen-bond donors (Lipinski definition) is 4. The van der Waals surface area contributed by atoms with Crippen molar-refractivity contribution in [1.82, 2.24) is 0 Å². The molecule has 9 heteroatoms. The predicted octanol–water partition coefficient (Wildman–Crippen LogP) is 4.30. The molecule has 6 rings (SSSR count). The summed E-state index contributed by atoms with van der Waals surface area (Å²) in [6.45, 7) is 15.2. The number of rotatable bonds is 8. The van der Waals surface area contributed by atoms with Gasteiger partial charge >= 0.3 is 5.97 Å². The van der Waals surface area contributed by atoms with Crippen molar-refractivity contribution in [2.45, 2.75) is 142 Å². The van der Waals surface area contributed by atoms with Crippen LogP contribution >= 0.6 is 0 Å². The zero-order chi connectivity index (χ0) is 33.6. The van der Waals surface area contributed by atoms with E-state index in [1.165, 1.54) is 5.57 Å². The van der Waals surface area contributed by atoms with Crippen LogP contribution in [0.25, 0.3) is 0 Å². The van der Waals surface area contributed by atoms with Crippen LogP contribution in [-0.2, 0) is 23.7 Å².